The van der Waals surface area contributed by atoms with E-state index in [4.69, 9.17) is 15.0 Å². The number of anilines is 3. The average Bonchev–Trinajstić information content (AvgIpc) is 3.51. The third-order valence-corrected chi connectivity index (χ3v) is 9.16. The molecule has 0 radical (unpaired) electrons. The van der Waals surface area contributed by atoms with Crippen molar-refractivity contribution in [2.75, 3.05) is 4.90 Å². The van der Waals surface area contributed by atoms with E-state index < -0.39 is 0 Å². The Balaban J connectivity index is 1.18. The molecule has 1 aliphatic rings. The molecule has 6 aromatic carbocycles. The summed E-state index contributed by atoms with van der Waals surface area (Å²) in [5, 5.41) is 1.22. The molecule has 48 heavy (non-hydrogen) atoms. The van der Waals surface area contributed by atoms with Gasteiger partial charge in [0, 0.05) is 28.4 Å². The van der Waals surface area contributed by atoms with Crippen LogP contribution in [0.25, 0.3) is 50.5 Å². The molecular formula is C43H31N5. The number of hydrogen-bond acceptors (Lipinski definition) is 4. The van der Waals surface area contributed by atoms with Gasteiger partial charge in [-0.3, -0.25) is 4.90 Å². The summed E-state index contributed by atoms with van der Waals surface area (Å²) in [5.41, 5.74) is 11.4. The topological polar surface area (TPSA) is 46.8 Å². The van der Waals surface area contributed by atoms with E-state index >= 15 is 0 Å². The van der Waals surface area contributed by atoms with Gasteiger partial charge in [0.05, 0.1) is 16.9 Å². The molecule has 5 heteroatoms. The molecule has 8 aromatic rings. The molecule has 228 valence electrons. The molecule has 0 amide bonds. The summed E-state index contributed by atoms with van der Waals surface area (Å²) in [5.74, 6) is 1.90. The maximum Gasteiger partial charge on any atom is 0.238 e. The molecule has 5 nitrogen and oxygen atoms in total. The molecule has 0 saturated carbocycles. The van der Waals surface area contributed by atoms with Crippen LogP contribution in [0, 0.1) is 0 Å². The van der Waals surface area contributed by atoms with Crippen LogP contribution in [0.5, 0.6) is 0 Å². The Morgan fingerprint density at radius 1 is 0.438 bits per heavy atom. The summed E-state index contributed by atoms with van der Waals surface area (Å²) in [6, 6.07) is 55.2. The van der Waals surface area contributed by atoms with Crippen LogP contribution in [0.15, 0.2) is 164 Å². The summed E-state index contributed by atoms with van der Waals surface area (Å²) in [6.07, 6.45) is 3.98. The summed E-state index contributed by atoms with van der Waals surface area (Å²) in [4.78, 5) is 17.5. The van der Waals surface area contributed by atoms with Crippen LogP contribution in [-0.2, 0) is 12.8 Å². The Kier molecular flexibility index (Phi) is 6.86. The maximum atomic E-state index is 5.14. The highest BCUT2D eigenvalue weighted by Crippen LogP contribution is 2.42. The predicted octanol–water partition coefficient (Wildman–Crippen LogP) is 10.4. The van der Waals surface area contributed by atoms with Crippen molar-refractivity contribution in [1.29, 1.82) is 0 Å². The van der Waals surface area contributed by atoms with E-state index in [-0.39, 0.29) is 0 Å². The van der Waals surface area contributed by atoms with Crippen molar-refractivity contribution < 1.29 is 0 Å². The number of para-hydroxylation sites is 2. The Morgan fingerprint density at radius 3 is 1.75 bits per heavy atom. The Bertz CT molecular complexity index is 2340. The zero-order valence-electron chi connectivity index (χ0n) is 26.2. The van der Waals surface area contributed by atoms with E-state index in [9.17, 15) is 0 Å². The number of nitrogens with zero attached hydrogens (tertiary/aromatic N) is 5. The Hall–Kier alpha value is -6.33. The Morgan fingerprint density at radius 2 is 1.02 bits per heavy atom. The molecular weight excluding hydrogens is 587 g/mol. The molecule has 0 saturated heterocycles. The van der Waals surface area contributed by atoms with Gasteiger partial charge in [0.1, 0.15) is 0 Å². The van der Waals surface area contributed by atoms with Crippen molar-refractivity contribution in [2.45, 2.75) is 12.8 Å². The highest BCUT2D eigenvalue weighted by Gasteiger charge is 2.26. The first kappa shape index (κ1) is 27.9. The highest BCUT2D eigenvalue weighted by atomic mass is 15.3. The van der Waals surface area contributed by atoms with E-state index in [1.807, 2.05) is 36.4 Å². The smallest absolute Gasteiger partial charge is 0.238 e. The quantitative estimate of drug-likeness (QED) is 0.193. The third-order valence-electron chi connectivity index (χ3n) is 9.16. The molecule has 9 rings (SSSR count). The van der Waals surface area contributed by atoms with Gasteiger partial charge in [-0.25, -0.2) is 4.98 Å². The largest absolute Gasteiger partial charge is 0.317 e. The minimum absolute atomic E-state index is 0.606. The lowest BCUT2D eigenvalue weighted by molar-refractivity contribution is 0.978. The van der Waals surface area contributed by atoms with Gasteiger partial charge in [-0.1, -0.05) is 109 Å². The van der Waals surface area contributed by atoms with E-state index in [0.29, 0.717) is 17.6 Å². The van der Waals surface area contributed by atoms with E-state index in [1.165, 1.54) is 33.2 Å². The van der Waals surface area contributed by atoms with Crippen LogP contribution in [0.2, 0.25) is 0 Å². The van der Waals surface area contributed by atoms with Crippen LogP contribution in [0.3, 0.4) is 0 Å². The van der Waals surface area contributed by atoms with Crippen molar-refractivity contribution in [2.24, 2.45) is 0 Å². The van der Waals surface area contributed by atoms with Crippen LogP contribution in [-0.4, -0.2) is 19.5 Å². The fourth-order valence-corrected chi connectivity index (χ4v) is 6.77. The Labute approximate surface area is 279 Å². The zero-order valence-corrected chi connectivity index (χ0v) is 26.2. The van der Waals surface area contributed by atoms with Crippen LogP contribution < -0.4 is 4.90 Å². The van der Waals surface area contributed by atoms with Crippen molar-refractivity contribution >= 4 is 28.2 Å². The molecule has 2 aromatic heterocycles. The third kappa shape index (κ3) is 5.02. The summed E-state index contributed by atoms with van der Waals surface area (Å²) >= 11 is 0. The second-order valence-corrected chi connectivity index (χ2v) is 12.1. The van der Waals surface area contributed by atoms with Gasteiger partial charge in [-0.15, -0.1) is 0 Å². The van der Waals surface area contributed by atoms with Gasteiger partial charge in [-0.2, -0.15) is 9.97 Å². The summed E-state index contributed by atoms with van der Waals surface area (Å²) in [6.45, 7) is 0. The van der Waals surface area contributed by atoms with E-state index in [0.717, 1.165) is 41.0 Å². The van der Waals surface area contributed by atoms with E-state index in [1.54, 1.807) is 0 Å². The van der Waals surface area contributed by atoms with Crippen molar-refractivity contribution in [1.82, 2.24) is 19.5 Å². The van der Waals surface area contributed by atoms with Gasteiger partial charge >= 0.3 is 0 Å². The number of hydrogen-bond donors (Lipinski definition) is 0. The molecule has 0 unspecified atom stereocenters. The highest BCUT2D eigenvalue weighted by molar-refractivity contribution is 5.88. The number of aryl methyl sites for hydroxylation is 2. The summed E-state index contributed by atoms with van der Waals surface area (Å²) < 4.78 is 2.24. The van der Waals surface area contributed by atoms with Crippen molar-refractivity contribution in [3.63, 3.8) is 0 Å². The molecule has 0 N–H and O–H groups in total. The fraction of sp³-hybridized carbons (Fsp3) is 0.0465. The number of benzene rings is 6. The normalized spacial score (nSPS) is 12.4. The van der Waals surface area contributed by atoms with Gasteiger partial charge in [-0.05, 0) is 83.6 Å². The molecule has 0 fully saturated rings. The fourth-order valence-electron chi connectivity index (χ4n) is 6.77. The average molecular weight is 618 g/mol. The molecule has 0 aliphatic carbocycles. The lowest BCUT2D eigenvalue weighted by Gasteiger charge is -2.26. The zero-order chi connectivity index (χ0) is 31.9. The maximum absolute atomic E-state index is 5.14. The minimum Gasteiger partial charge on any atom is -0.317 e. The number of fused-ring (bicyclic) bond motifs is 3. The SMILES string of the molecule is c1ccc(-c2nc(-c3ccccc3)nc(N3c4ccccc4CCc4cc(-c5ccc6c(ccn6-c6ccccc6)c5)ccc43)n2)cc1. The second-order valence-electron chi connectivity index (χ2n) is 12.1. The van der Waals surface area contributed by atoms with Gasteiger partial charge < -0.3 is 4.57 Å². The van der Waals surface area contributed by atoms with Gasteiger partial charge in [0.15, 0.2) is 11.6 Å². The summed E-state index contributed by atoms with van der Waals surface area (Å²) in [7, 11) is 0. The predicted molar refractivity (Wildman–Crippen MR) is 195 cm³/mol. The first-order chi connectivity index (χ1) is 23.8. The monoisotopic (exact) mass is 617 g/mol. The molecule has 0 spiro atoms. The number of aromatic nitrogens is 4. The molecule has 1 aliphatic heterocycles. The number of rotatable bonds is 5. The molecule has 3 heterocycles. The van der Waals surface area contributed by atoms with Gasteiger partial charge in [0.2, 0.25) is 5.95 Å². The lowest BCUT2D eigenvalue weighted by atomic mass is 9.98. The van der Waals surface area contributed by atoms with Crippen molar-refractivity contribution in [3.05, 3.63) is 175 Å². The first-order valence-corrected chi connectivity index (χ1v) is 16.3. The van der Waals surface area contributed by atoms with E-state index in [2.05, 4.69) is 137 Å². The molecule has 0 atom stereocenters. The first-order valence-electron chi connectivity index (χ1n) is 16.3. The molecule has 0 bridgehead atoms. The lowest BCUT2D eigenvalue weighted by Crippen LogP contribution is -2.16. The standard InChI is InChI=1S/C43H31N5/c1-4-13-31(14-5-1)41-44-42(32-15-6-2-7-16-32)46-43(45-41)48-39-19-11-10-12-30(39)20-21-35-28-34(23-25-40(35)48)33-22-24-38-36(29-33)26-27-47(38)37-17-8-3-9-18-37/h1-19,22-29H,20-21H2. The minimum atomic E-state index is 0.606. The van der Waals surface area contributed by atoms with Crippen LogP contribution >= 0.6 is 0 Å². The van der Waals surface area contributed by atoms with Crippen LogP contribution in [0.1, 0.15) is 11.1 Å². The van der Waals surface area contributed by atoms with Crippen LogP contribution in [0.4, 0.5) is 17.3 Å². The second kappa shape index (κ2) is 11.8. The van der Waals surface area contributed by atoms with Gasteiger partial charge in [0.25, 0.3) is 0 Å². The van der Waals surface area contributed by atoms with Crippen molar-refractivity contribution in [3.8, 4) is 39.6 Å².